The Hall–Kier alpha value is -1.31. The van der Waals surface area contributed by atoms with Crippen LogP contribution in [0.25, 0.3) is 0 Å². The first-order valence-corrected chi connectivity index (χ1v) is 13.3. The van der Waals surface area contributed by atoms with E-state index < -0.39 is 0 Å². The van der Waals surface area contributed by atoms with Crippen LogP contribution >= 0.6 is 24.0 Å². The SMILES string of the molecule is CCN1CCCC(Oc2ccc(NC(=S)N=C(N)SCC3CCCCCCC3)cc2)C1. The zero-order valence-corrected chi connectivity index (χ0v) is 20.5. The maximum Gasteiger partial charge on any atom is 0.199 e. The number of benzene rings is 1. The molecule has 1 heterocycles. The van der Waals surface area contributed by atoms with Crippen molar-refractivity contribution in [3.8, 4) is 5.75 Å². The van der Waals surface area contributed by atoms with Gasteiger partial charge in [0.05, 0.1) is 0 Å². The van der Waals surface area contributed by atoms with Crippen LogP contribution in [0, 0.1) is 5.92 Å². The number of nitrogens with zero attached hydrogens (tertiary/aromatic N) is 2. The lowest BCUT2D eigenvalue weighted by Gasteiger charge is -2.32. The Labute approximate surface area is 197 Å². The van der Waals surface area contributed by atoms with Crippen LogP contribution in [0.5, 0.6) is 5.75 Å². The van der Waals surface area contributed by atoms with Gasteiger partial charge in [0, 0.05) is 18.0 Å². The summed E-state index contributed by atoms with van der Waals surface area (Å²) in [6.07, 6.45) is 12.1. The monoisotopic (exact) mass is 462 g/mol. The summed E-state index contributed by atoms with van der Waals surface area (Å²) in [5, 5.41) is 4.12. The van der Waals surface area contributed by atoms with Crippen LogP contribution in [0.2, 0.25) is 0 Å². The highest BCUT2D eigenvalue weighted by Crippen LogP contribution is 2.25. The van der Waals surface area contributed by atoms with Gasteiger partial charge < -0.3 is 15.8 Å². The molecule has 31 heavy (non-hydrogen) atoms. The van der Waals surface area contributed by atoms with E-state index in [9.17, 15) is 0 Å². The fourth-order valence-electron chi connectivity index (χ4n) is 4.40. The number of likely N-dealkylation sites (N-methyl/N-ethyl adjacent to an activating group) is 1. The summed E-state index contributed by atoms with van der Waals surface area (Å²) in [6.45, 7) is 5.48. The molecule has 1 saturated carbocycles. The molecule has 0 bridgehead atoms. The Kier molecular flexibility index (Phi) is 10.4. The molecule has 1 aliphatic carbocycles. The van der Waals surface area contributed by atoms with Gasteiger partial charge in [-0.15, -0.1) is 0 Å². The van der Waals surface area contributed by atoms with Crippen molar-refractivity contribution in [3.63, 3.8) is 0 Å². The highest BCUT2D eigenvalue weighted by molar-refractivity contribution is 8.13. The number of nitrogens with two attached hydrogens (primary N) is 1. The molecule has 0 radical (unpaired) electrons. The van der Waals surface area contributed by atoms with Crippen LogP contribution in [0.15, 0.2) is 29.3 Å². The minimum Gasteiger partial charge on any atom is -0.489 e. The number of thiocarbonyl (C=S) groups is 1. The van der Waals surface area contributed by atoms with E-state index in [2.05, 4.69) is 22.1 Å². The highest BCUT2D eigenvalue weighted by Gasteiger charge is 2.20. The molecular weight excluding hydrogens is 424 g/mol. The van der Waals surface area contributed by atoms with Crippen LogP contribution in [-0.2, 0) is 0 Å². The Morgan fingerprint density at radius 2 is 1.84 bits per heavy atom. The predicted molar refractivity (Wildman–Crippen MR) is 138 cm³/mol. The highest BCUT2D eigenvalue weighted by atomic mass is 32.2. The minimum atomic E-state index is 0.271. The fraction of sp³-hybridized carbons (Fsp3) is 0.667. The molecule has 0 amide bonds. The number of anilines is 1. The normalized spacial score (nSPS) is 21.8. The van der Waals surface area contributed by atoms with Gasteiger partial charge in [0.25, 0.3) is 0 Å². The van der Waals surface area contributed by atoms with Gasteiger partial charge >= 0.3 is 0 Å². The fourth-order valence-corrected chi connectivity index (χ4v) is 5.57. The molecule has 1 unspecified atom stereocenters. The van der Waals surface area contributed by atoms with Crippen molar-refractivity contribution in [1.82, 2.24) is 4.90 Å². The molecular formula is C24H38N4OS2. The van der Waals surface area contributed by atoms with Crippen LogP contribution in [-0.4, -0.2) is 46.7 Å². The topological polar surface area (TPSA) is 62.9 Å². The number of amidine groups is 1. The molecule has 5 nitrogen and oxygen atoms in total. The summed E-state index contributed by atoms with van der Waals surface area (Å²) in [6, 6.07) is 7.95. The van der Waals surface area contributed by atoms with Crippen molar-refractivity contribution in [3.05, 3.63) is 24.3 Å². The van der Waals surface area contributed by atoms with E-state index >= 15 is 0 Å². The molecule has 0 aromatic heterocycles. The second-order valence-corrected chi connectivity index (χ2v) is 10.1. The molecule has 1 aliphatic heterocycles. The van der Waals surface area contributed by atoms with Crippen molar-refractivity contribution in [2.45, 2.75) is 70.8 Å². The number of piperidine rings is 1. The molecule has 2 aliphatic rings. The van der Waals surface area contributed by atoms with Crippen LogP contribution in [0.4, 0.5) is 5.69 Å². The maximum absolute atomic E-state index is 6.16. The molecule has 1 saturated heterocycles. The number of hydrogen-bond acceptors (Lipinski definition) is 4. The van der Waals surface area contributed by atoms with Gasteiger partial charge in [0.1, 0.15) is 11.9 Å². The molecule has 1 aromatic rings. The van der Waals surface area contributed by atoms with Gasteiger partial charge in [-0.1, -0.05) is 50.8 Å². The van der Waals surface area contributed by atoms with Crippen LogP contribution in [0.3, 0.4) is 0 Å². The van der Waals surface area contributed by atoms with Crippen molar-refractivity contribution in [1.29, 1.82) is 0 Å². The molecule has 7 heteroatoms. The Bertz CT molecular complexity index is 702. The number of ether oxygens (including phenoxy) is 1. The van der Waals surface area contributed by atoms with Crippen LogP contribution in [0.1, 0.15) is 64.7 Å². The molecule has 0 spiro atoms. The number of hydrogen-bond donors (Lipinski definition) is 2. The Morgan fingerprint density at radius 1 is 1.13 bits per heavy atom. The van der Waals surface area contributed by atoms with Crippen molar-refractivity contribution in [2.24, 2.45) is 16.6 Å². The van der Waals surface area contributed by atoms with E-state index in [0.717, 1.165) is 42.6 Å². The maximum atomic E-state index is 6.16. The number of thioether (sulfide) groups is 1. The third kappa shape index (κ3) is 8.99. The number of aliphatic imine (C=N–C) groups is 1. The average molecular weight is 463 g/mol. The van der Waals surface area contributed by atoms with E-state index in [1.807, 2.05) is 24.3 Å². The second-order valence-electron chi connectivity index (χ2n) is 8.70. The summed E-state index contributed by atoms with van der Waals surface area (Å²) in [5.41, 5.74) is 7.03. The summed E-state index contributed by atoms with van der Waals surface area (Å²) in [5.74, 6) is 2.69. The number of nitrogens with one attached hydrogen (secondary N) is 1. The second kappa shape index (κ2) is 13.3. The van der Waals surface area contributed by atoms with Gasteiger partial charge in [-0.3, -0.25) is 4.90 Å². The first kappa shape index (κ1) is 24.3. The summed E-state index contributed by atoms with van der Waals surface area (Å²) < 4.78 is 6.16. The largest absolute Gasteiger partial charge is 0.489 e. The molecule has 1 aromatic carbocycles. The Morgan fingerprint density at radius 3 is 2.55 bits per heavy atom. The molecule has 3 rings (SSSR count). The van der Waals surface area contributed by atoms with E-state index in [-0.39, 0.29) is 6.10 Å². The van der Waals surface area contributed by atoms with Gasteiger partial charge in [-0.25, -0.2) is 0 Å². The van der Waals surface area contributed by atoms with E-state index in [1.165, 1.54) is 57.9 Å². The van der Waals surface area contributed by atoms with Crippen molar-refractivity contribution >= 4 is 39.9 Å². The van der Waals surface area contributed by atoms with Crippen molar-refractivity contribution in [2.75, 3.05) is 30.7 Å². The quantitative estimate of drug-likeness (QED) is 0.323. The minimum absolute atomic E-state index is 0.271. The van der Waals surface area contributed by atoms with Gasteiger partial charge in [0.15, 0.2) is 10.3 Å². The van der Waals surface area contributed by atoms with Gasteiger partial charge in [0.2, 0.25) is 0 Å². The lowest BCUT2D eigenvalue weighted by molar-refractivity contribution is 0.0920. The molecule has 3 N–H and O–H groups in total. The summed E-state index contributed by atoms with van der Waals surface area (Å²) in [4.78, 5) is 6.82. The van der Waals surface area contributed by atoms with E-state index in [0.29, 0.717) is 10.3 Å². The summed E-state index contributed by atoms with van der Waals surface area (Å²) in [7, 11) is 0. The Balaban J connectivity index is 1.41. The average Bonchev–Trinajstić information content (AvgIpc) is 2.74. The third-order valence-electron chi connectivity index (χ3n) is 6.22. The predicted octanol–water partition coefficient (Wildman–Crippen LogP) is 5.65. The molecule has 1 atom stereocenters. The van der Waals surface area contributed by atoms with E-state index in [4.69, 9.17) is 22.7 Å². The molecule has 2 fully saturated rings. The van der Waals surface area contributed by atoms with Crippen molar-refractivity contribution < 1.29 is 4.74 Å². The summed E-state index contributed by atoms with van der Waals surface area (Å²) >= 11 is 7.02. The standard InChI is InChI=1S/C24H38N4OS2/c1-2-28-16-8-11-22(17-28)29-21-14-12-20(13-15-21)26-24(30)27-23(25)31-18-19-9-6-4-3-5-7-10-19/h12-15,19,22H,2-11,16-18H2,1H3,(H3,25,26,27,30). The lowest BCUT2D eigenvalue weighted by Crippen LogP contribution is -2.40. The number of likely N-dealkylation sites (tertiary alicyclic amines) is 1. The van der Waals surface area contributed by atoms with Gasteiger partial charge in [-0.05, 0) is 81.2 Å². The van der Waals surface area contributed by atoms with Gasteiger partial charge in [-0.2, -0.15) is 4.99 Å². The van der Waals surface area contributed by atoms with E-state index in [1.54, 1.807) is 11.8 Å². The first-order valence-electron chi connectivity index (χ1n) is 11.9. The third-order valence-corrected chi connectivity index (χ3v) is 7.44. The first-order chi connectivity index (χ1) is 15.1. The zero-order chi connectivity index (χ0) is 21.9. The molecule has 172 valence electrons. The lowest BCUT2D eigenvalue weighted by atomic mass is 9.93. The van der Waals surface area contributed by atoms with Crippen LogP contribution < -0.4 is 15.8 Å². The smallest absolute Gasteiger partial charge is 0.199 e. The number of rotatable bonds is 6. The zero-order valence-electron chi connectivity index (χ0n) is 18.9.